The maximum absolute atomic E-state index is 12.2. The van der Waals surface area contributed by atoms with Crippen LogP contribution in [0.2, 0.25) is 10.0 Å². The second-order valence-electron chi connectivity index (χ2n) is 5.95. The van der Waals surface area contributed by atoms with E-state index in [9.17, 15) is 9.90 Å². The quantitative estimate of drug-likeness (QED) is 0.853. The summed E-state index contributed by atoms with van der Waals surface area (Å²) < 4.78 is 0. The first-order valence-electron chi connectivity index (χ1n) is 8.02. The zero-order valence-electron chi connectivity index (χ0n) is 13.6. The lowest BCUT2D eigenvalue weighted by molar-refractivity contribution is -0.117. The van der Waals surface area contributed by atoms with Crippen LogP contribution in [-0.4, -0.2) is 48.6 Å². The van der Waals surface area contributed by atoms with Gasteiger partial charge in [-0.1, -0.05) is 23.2 Å². The van der Waals surface area contributed by atoms with E-state index in [1.807, 2.05) is 12.1 Å². The van der Waals surface area contributed by atoms with Crippen molar-refractivity contribution in [1.29, 1.82) is 0 Å². The van der Waals surface area contributed by atoms with Crippen molar-refractivity contribution in [2.75, 3.05) is 42.9 Å². The van der Waals surface area contributed by atoms with E-state index in [0.29, 0.717) is 22.3 Å². The minimum absolute atomic E-state index is 0.109. The second-order valence-corrected chi connectivity index (χ2v) is 6.80. The van der Waals surface area contributed by atoms with Gasteiger partial charge in [0.2, 0.25) is 5.91 Å². The lowest BCUT2D eigenvalue weighted by Crippen LogP contribution is -2.48. The first-order valence-corrected chi connectivity index (χ1v) is 8.78. The highest BCUT2D eigenvalue weighted by Crippen LogP contribution is 2.25. The van der Waals surface area contributed by atoms with Crippen LogP contribution in [0.3, 0.4) is 0 Å². The maximum Gasteiger partial charge on any atom is 0.238 e. The minimum Gasteiger partial charge on any atom is -0.508 e. The number of aromatic hydroxyl groups is 1. The topological polar surface area (TPSA) is 55.8 Å². The standard InChI is InChI=1S/C18H19Cl2N3O2/c19-13-1-6-16(20)17(11-13)21-18(25)12-22-7-9-23(10-8-22)14-2-4-15(24)5-3-14/h1-6,11,24H,7-10,12H2,(H,21,25). The van der Waals surface area contributed by atoms with E-state index in [1.54, 1.807) is 30.3 Å². The highest BCUT2D eigenvalue weighted by Gasteiger charge is 2.19. The Hall–Kier alpha value is -1.95. The van der Waals surface area contributed by atoms with Gasteiger partial charge in [-0.2, -0.15) is 0 Å². The van der Waals surface area contributed by atoms with Gasteiger partial charge in [0.25, 0.3) is 0 Å². The highest BCUT2D eigenvalue weighted by molar-refractivity contribution is 6.35. The number of phenolic OH excluding ortho intramolecular Hbond substituents is 1. The minimum atomic E-state index is -0.109. The van der Waals surface area contributed by atoms with Crippen LogP contribution in [0.5, 0.6) is 5.75 Å². The molecule has 2 aromatic carbocycles. The summed E-state index contributed by atoms with van der Waals surface area (Å²) in [6.07, 6.45) is 0. The first-order chi connectivity index (χ1) is 12.0. The molecule has 0 atom stereocenters. The summed E-state index contributed by atoms with van der Waals surface area (Å²) in [4.78, 5) is 16.6. The van der Waals surface area contributed by atoms with Crippen molar-refractivity contribution in [3.8, 4) is 5.75 Å². The number of piperazine rings is 1. The van der Waals surface area contributed by atoms with Crippen molar-refractivity contribution in [3.63, 3.8) is 0 Å². The van der Waals surface area contributed by atoms with Gasteiger partial charge in [-0.25, -0.2) is 0 Å². The third-order valence-corrected chi connectivity index (χ3v) is 4.72. The van der Waals surface area contributed by atoms with Crippen LogP contribution in [0.1, 0.15) is 0 Å². The molecule has 2 N–H and O–H groups in total. The first kappa shape index (κ1) is 17.9. The van der Waals surface area contributed by atoms with Crippen molar-refractivity contribution in [2.24, 2.45) is 0 Å². The lowest BCUT2D eigenvalue weighted by atomic mass is 10.2. The summed E-state index contributed by atoms with van der Waals surface area (Å²) >= 11 is 12.0. The molecule has 132 valence electrons. The fourth-order valence-electron chi connectivity index (χ4n) is 2.81. The largest absolute Gasteiger partial charge is 0.508 e. The number of benzene rings is 2. The molecule has 1 heterocycles. The number of anilines is 2. The number of amides is 1. The number of carbonyl (C=O) groups is 1. The van der Waals surface area contributed by atoms with Crippen molar-refractivity contribution in [3.05, 3.63) is 52.5 Å². The van der Waals surface area contributed by atoms with Gasteiger partial charge in [0.15, 0.2) is 0 Å². The van der Waals surface area contributed by atoms with Gasteiger partial charge in [0, 0.05) is 36.9 Å². The molecule has 25 heavy (non-hydrogen) atoms. The van der Waals surface area contributed by atoms with Crippen molar-refractivity contribution >= 4 is 40.5 Å². The molecule has 0 spiro atoms. The molecule has 1 saturated heterocycles. The molecule has 2 aromatic rings. The van der Waals surface area contributed by atoms with Gasteiger partial charge in [-0.15, -0.1) is 0 Å². The van der Waals surface area contributed by atoms with E-state index < -0.39 is 0 Å². The van der Waals surface area contributed by atoms with Gasteiger partial charge in [0.05, 0.1) is 17.3 Å². The van der Waals surface area contributed by atoms with Crippen LogP contribution in [-0.2, 0) is 4.79 Å². The Morgan fingerprint density at radius 2 is 1.72 bits per heavy atom. The number of nitrogens with one attached hydrogen (secondary N) is 1. The summed E-state index contributed by atoms with van der Waals surface area (Å²) in [5.74, 6) is 0.154. The van der Waals surface area contributed by atoms with Crippen LogP contribution in [0, 0.1) is 0 Å². The number of rotatable bonds is 4. The van der Waals surface area contributed by atoms with E-state index in [0.717, 1.165) is 31.9 Å². The number of phenols is 1. The van der Waals surface area contributed by atoms with Crippen molar-refractivity contribution < 1.29 is 9.90 Å². The molecule has 0 aliphatic carbocycles. The summed E-state index contributed by atoms with van der Waals surface area (Å²) in [5.41, 5.74) is 1.61. The van der Waals surface area contributed by atoms with E-state index in [-0.39, 0.29) is 11.7 Å². The molecule has 1 aliphatic rings. The highest BCUT2D eigenvalue weighted by atomic mass is 35.5. The molecule has 0 bridgehead atoms. The predicted octanol–water partition coefficient (Wildman–Crippen LogP) is 3.46. The van der Waals surface area contributed by atoms with Gasteiger partial charge < -0.3 is 15.3 Å². The normalized spacial score (nSPS) is 15.2. The molecule has 0 aromatic heterocycles. The fourth-order valence-corrected chi connectivity index (χ4v) is 3.15. The van der Waals surface area contributed by atoms with E-state index >= 15 is 0 Å². The van der Waals surface area contributed by atoms with Crippen LogP contribution >= 0.6 is 23.2 Å². The number of hydrogen-bond acceptors (Lipinski definition) is 4. The summed E-state index contributed by atoms with van der Waals surface area (Å²) in [7, 11) is 0. The Labute approximate surface area is 156 Å². The third kappa shape index (κ3) is 4.78. The van der Waals surface area contributed by atoms with E-state index in [4.69, 9.17) is 23.2 Å². The Kier molecular flexibility index (Phi) is 5.68. The number of carbonyl (C=O) groups excluding carboxylic acids is 1. The van der Waals surface area contributed by atoms with Crippen LogP contribution < -0.4 is 10.2 Å². The van der Waals surface area contributed by atoms with Gasteiger partial charge in [-0.05, 0) is 42.5 Å². The van der Waals surface area contributed by atoms with Crippen LogP contribution in [0.25, 0.3) is 0 Å². The average Bonchev–Trinajstić information content (AvgIpc) is 2.59. The molecule has 0 unspecified atom stereocenters. The third-order valence-electron chi connectivity index (χ3n) is 4.16. The smallest absolute Gasteiger partial charge is 0.238 e. The Morgan fingerprint density at radius 3 is 2.40 bits per heavy atom. The Bertz CT molecular complexity index is 744. The van der Waals surface area contributed by atoms with Crippen molar-refractivity contribution in [1.82, 2.24) is 4.90 Å². The summed E-state index contributed by atoms with van der Waals surface area (Å²) in [6, 6.07) is 12.2. The van der Waals surface area contributed by atoms with Gasteiger partial charge in [0.1, 0.15) is 5.75 Å². The molecule has 5 nitrogen and oxygen atoms in total. The van der Waals surface area contributed by atoms with E-state index in [1.165, 1.54) is 0 Å². The molecule has 1 amide bonds. The number of hydrogen-bond donors (Lipinski definition) is 2. The van der Waals surface area contributed by atoms with Crippen LogP contribution in [0.4, 0.5) is 11.4 Å². The molecular formula is C18H19Cl2N3O2. The predicted molar refractivity (Wildman–Crippen MR) is 102 cm³/mol. The van der Waals surface area contributed by atoms with E-state index in [2.05, 4.69) is 15.1 Å². The second kappa shape index (κ2) is 7.95. The zero-order valence-corrected chi connectivity index (χ0v) is 15.1. The Morgan fingerprint density at radius 1 is 1.04 bits per heavy atom. The zero-order chi connectivity index (χ0) is 17.8. The van der Waals surface area contributed by atoms with Crippen molar-refractivity contribution in [2.45, 2.75) is 0 Å². The fraction of sp³-hybridized carbons (Fsp3) is 0.278. The molecule has 0 radical (unpaired) electrons. The molecule has 1 fully saturated rings. The molecular weight excluding hydrogens is 361 g/mol. The lowest BCUT2D eigenvalue weighted by Gasteiger charge is -2.35. The van der Waals surface area contributed by atoms with Crippen LogP contribution in [0.15, 0.2) is 42.5 Å². The maximum atomic E-state index is 12.2. The molecule has 1 aliphatic heterocycles. The summed E-state index contributed by atoms with van der Waals surface area (Å²) in [5, 5.41) is 13.2. The molecule has 7 heteroatoms. The Balaban J connectivity index is 1.51. The number of halogens is 2. The number of nitrogens with zero attached hydrogens (tertiary/aromatic N) is 2. The average molecular weight is 380 g/mol. The monoisotopic (exact) mass is 379 g/mol. The molecule has 3 rings (SSSR count). The summed E-state index contributed by atoms with van der Waals surface area (Å²) in [6.45, 7) is 3.55. The molecule has 0 saturated carbocycles. The van der Waals surface area contributed by atoms with Gasteiger partial charge in [-0.3, -0.25) is 9.69 Å². The van der Waals surface area contributed by atoms with Gasteiger partial charge >= 0.3 is 0 Å². The SMILES string of the molecule is O=C(CN1CCN(c2ccc(O)cc2)CC1)Nc1cc(Cl)ccc1Cl.